The van der Waals surface area contributed by atoms with Gasteiger partial charge in [-0.2, -0.15) is 0 Å². The number of hydrogen-bond acceptors (Lipinski definition) is 5. The number of allylic oxidation sites excluding steroid dienone is 1. The maximum atomic E-state index is 13.3. The zero-order valence-electron chi connectivity index (χ0n) is 29.2. The first-order valence-electron chi connectivity index (χ1n) is 18.1. The van der Waals surface area contributed by atoms with Crippen molar-refractivity contribution in [1.29, 1.82) is 0 Å². The highest BCUT2D eigenvalue weighted by Gasteiger charge is 2.71. The molecule has 1 heterocycles. The van der Waals surface area contributed by atoms with E-state index in [0.29, 0.717) is 36.9 Å². The molecule has 0 amide bonds. The van der Waals surface area contributed by atoms with Gasteiger partial charge < -0.3 is 25.1 Å². The Morgan fingerprint density at radius 1 is 1.02 bits per heavy atom. The molecule has 0 spiro atoms. The van der Waals surface area contributed by atoms with Crippen LogP contribution in [0.4, 0.5) is 0 Å². The van der Waals surface area contributed by atoms with Crippen molar-refractivity contribution in [2.45, 2.75) is 137 Å². The predicted molar refractivity (Wildman–Crippen MR) is 174 cm³/mol. The third-order valence-corrected chi connectivity index (χ3v) is 15.8. The zero-order chi connectivity index (χ0) is 31.9. The Morgan fingerprint density at radius 2 is 1.73 bits per heavy atom. The minimum Gasteiger partial charge on any atom is -0.481 e. The van der Waals surface area contributed by atoms with Crippen LogP contribution in [0.1, 0.15) is 119 Å². The minimum atomic E-state index is -0.599. The summed E-state index contributed by atoms with van der Waals surface area (Å²) in [6.45, 7) is 18.4. The Balaban J connectivity index is 1.36. The van der Waals surface area contributed by atoms with E-state index in [1.54, 1.807) is 5.57 Å². The Kier molecular flexibility index (Phi) is 8.29. The summed E-state index contributed by atoms with van der Waals surface area (Å²) in [4.78, 5) is 13.3. The molecule has 6 rings (SSSR count). The molecule has 6 aliphatic rings. The number of carboxylic acids is 1. The van der Waals surface area contributed by atoms with Gasteiger partial charge in [0.1, 0.15) is 0 Å². The molecule has 5 aliphatic carbocycles. The average Bonchev–Trinajstić information content (AvgIpc) is 2.96. The molecule has 2 bridgehead atoms. The summed E-state index contributed by atoms with van der Waals surface area (Å²) in [5.74, 6) is 0.655. The molecule has 250 valence electrons. The molecular weight excluding hydrogens is 550 g/mol. The molecule has 0 aromatic heterocycles. The number of hydrogen-bond donors (Lipinski definition) is 2. The van der Waals surface area contributed by atoms with Crippen LogP contribution in [0.15, 0.2) is 11.6 Å². The molecule has 0 aromatic carbocycles. The van der Waals surface area contributed by atoms with Crippen molar-refractivity contribution < 1.29 is 24.1 Å². The fourth-order valence-electron chi connectivity index (χ4n) is 12.7. The van der Waals surface area contributed by atoms with Crippen molar-refractivity contribution in [3.8, 4) is 0 Å². The summed E-state index contributed by atoms with van der Waals surface area (Å²) < 4.78 is 19.9. The summed E-state index contributed by atoms with van der Waals surface area (Å²) in [6, 6.07) is 0. The normalized spacial score (nSPS) is 48.9. The second-order valence-corrected chi connectivity index (χ2v) is 18.0. The summed E-state index contributed by atoms with van der Waals surface area (Å²) >= 11 is 0. The van der Waals surface area contributed by atoms with Crippen LogP contribution in [0.5, 0.6) is 0 Å². The third-order valence-electron chi connectivity index (χ3n) is 15.8. The lowest BCUT2D eigenvalue weighted by Gasteiger charge is -2.71. The van der Waals surface area contributed by atoms with Gasteiger partial charge in [0.15, 0.2) is 0 Å². The molecule has 6 heteroatoms. The van der Waals surface area contributed by atoms with Gasteiger partial charge in [-0.25, -0.2) is 0 Å². The van der Waals surface area contributed by atoms with E-state index in [9.17, 15) is 9.90 Å². The fourth-order valence-corrected chi connectivity index (χ4v) is 12.7. The van der Waals surface area contributed by atoms with Crippen LogP contribution in [-0.4, -0.2) is 55.8 Å². The van der Waals surface area contributed by atoms with Crippen molar-refractivity contribution in [2.75, 3.05) is 26.9 Å². The van der Waals surface area contributed by atoms with E-state index in [1.165, 1.54) is 19.3 Å². The summed E-state index contributed by atoms with van der Waals surface area (Å²) in [5, 5.41) is 11.0. The Hall–Kier alpha value is -0.950. The van der Waals surface area contributed by atoms with E-state index < -0.39 is 5.97 Å². The molecule has 11 atom stereocenters. The van der Waals surface area contributed by atoms with Gasteiger partial charge in [0.2, 0.25) is 0 Å². The SMILES string of the molecule is CO[C@@H]1C[C@@]23COCC(C)([C@H]1OCC1(N)CCCCC1)[C@@H]2CC[C@H]1C3=CC[C@@]2(C)[C@H](C(=O)O)[C@@](C)([C@H](C)C(C)C)CC[C@]12C. The molecule has 6 nitrogen and oxygen atoms in total. The highest BCUT2D eigenvalue weighted by atomic mass is 16.5. The molecule has 0 aromatic rings. The Morgan fingerprint density at radius 3 is 2.36 bits per heavy atom. The molecular formula is C38H63NO5. The molecule has 5 fully saturated rings. The van der Waals surface area contributed by atoms with E-state index in [1.807, 2.05) is 7.11 Å². The van der Waals surface area contributed by atoms with Crippen LogP contribution in [0.2, 0.25) is 0 Å². The van der Waals surface area contributed by atoms with Gasteiger partial charge in [-0.15, -0.1) is 0 Å². The monoisotopic (exact) mass is 613 g/mol. The molecule has 1 aliphatic heterocycles. The first-order valence-corrected chi connectivity index (χ1v) is 18.1. The summed E-state index contributed by atoms with van der Waals surface area (Å²) in [5.41, 5.74) is 7.36. The standard InChI is InChI=1S/C38H63NO5/c1-24(2)25(3)33(4)18-19-35(6)26-12-13-29-34(5)21-43-23-38(29,27(26)14-17-36(35,7)30(33)32(40)41)20-28(42-8)31(34)44-22-37(39)15-10-9-11-16-37/h14,24-26,28-31H,9-13,15-23,39H2,1-8H3,(H,40,41)/t25-,26+,28-,29+,30-,31+,33-,34?,35-,36+,38+/m1/s1. The van der Waals surface area contributed by atoms with Crippen molar-refractivity contribution in [3.05, 3.63) is 11.6 Å². The van der Waals surface area contributed by atoms with Crippen molar-refractivity contribution in [1.82, 2.24) is 0 Å². The number of nitrogens with two attached hydrogens (primary N) is 1. The Bertz CT molecular complexity index is 1150. The fraction of sp³-hybridized carbons (Fsp3) is 0.921. The largest absolute Gasteiger partial charge is 0.481 e. The molecule has 1 saturated heterocycles. The highest BCUT2D eigenvalue weighted by Crippen LogP contribution is 2.75. The molecule has 3 N–H and O–H groups in total. The molecule has 44 heavy (non-hydrogen) atoms. The van der Waals surface area contributed by atoms with Crippen LogP contribution >= 0.6 is 0 Å². The van der Waals surface area contributed by atoms with Crippen molar-refractivity contribution in [2.24, 2.45) is 62.4 Å². The van der Waals surface area contributed by atoms with Crippen LogP contribution in [0.3, 0.4) is 0 Å². The predicted octanol–water partition coefficient (Wildman–Crippen LogP) is 7.64. The van der Waals surface area contributed by atoms with E-state index in [0.717, 1.165) is 58.0 Å². The lowest BCUT2D eigenvalue weighted by molar-refractivity contribution is -0.269. The van der Waals surface area contributed by atoms with Gasteiger partial charge in [-0.1, -0.05) is 79.4 Å². The van der Waals surface area contributed by atoms with Crippen LogP contribution in [0, 0.1) is 56.7 Å². The third kappa shape index (κ3) is 4.49. The number of carboxylic acid groups (broad SMARTS) is 1. The van der Waals surface area contributed by atoms with E-state index in [4.69, 9.17) is 19.9 Å². The summed E-state index contributed by atoms with van der Waals surface area (Å²) in [7, 11) is 1.86. The molecule has 0 radical (unpaired) electrons. The minimum absolute atomic E-state index is 0.0126. The zero-order valence-corrected chi connectivity index (χ0v) is 29.2. The van der Waals surface area contributed by atoms with Gasteiger partial charge in [0, 0.05) is 23.5 Å². The van der Waals surface area contributed by atoms with Gasteiger partial charge >= 0.3 is 5.97 Å². The van der Waals surface area contributed by atoms with E-state index in [2.05, 4.69) is 54.5 Å². The average molecular weight is 614 g/mol. The number of carbonyl (C=O) groups is 1. The molecule has 1 unspecified atom stereocenters. The highest BCUT2D eigenvalue weighted by molar-refractivity contribution is 5.73. The Labute approximate surface area is 267 Å². The second kappa shape index (κ2) is 11.1. The van der Waals surface area contributed by atoms with Crippen molar-refractivity contribution in [3.63, 3.8) is 0 Å². The quantitative estimate of drug-likeness (QED) is 0.287. The van der Waals surface area contributed by atoms with Gasteiger partial charge in [-0.3, -0.25) is 4.79 Å². The lowest BCUT2D eigenvalue weighted by Crippen LogP contribution is -2.70. The number of aliphatic carboxylic acids is 1. The number of fused-ring (bicyclic) bond motifs is 3. The maximum Gasteiger partial charge on any atom is 0.307 e. The number of ether oxygens (including phenoxy) is 3. The number of methoxy groups -OCH3 is 1. The van der Waals surface area contributed by atoms with Gasteiger partial charge in [-0.05, 0) is 91.3 Å². The molecule has 4 saturated carbocycles. The smallest absolute Gasteiger partial charge is 0.307 e. The van der Waals surface area contributed by atoms with Crippen molar-refractivity contribution >= 4 is 5.97 Å². The van der Waals surface area contributed by atoms with Gasteiger partial charge in [0.05, 0.1) is 37.9 Å². The van der Waals surface area contributed by atoms with Crippen LogP contribution in [-0.2, 0) is 19.0 Å². The number of rotatable bonds is 7. The van der Waals surface area contributed by atoms with Crippen LogP contribution < -0.4 is 5.73 Å². The van der Waals surface area contributed by atoms with E-state index >= 15 is 0 Å². The first kappa shape index (κ1) is 33.0. The maximum absolute atomic E-state index is 13.3. The van der Waals surface area contributed by atoms with Crippen LogP contribution in [0.25, 0.3) is 0 Å². The van der Waals surface area contributed by atoms with E-state index in [-0.39, 0.29) is 50.7 Å². The topological polar surface area (TPSA) is 91.0 Å². The summed E-state index contributed by atoms with van der Waals surface area (Å²) in [6.07, 6.45) is 14.2. The first-order chi connectivity index (χ1) is 20.6. The van der Waals surface area contributed by atoms with Gasteiger partial charge in [0.25, 0.3) is 0 Å². The second-order valence-electron chi connectivity index (χ2n) is 18.0. The lowest BCUT2D eigenvalue weighted by atomic mass is 9.34.